The van der Waals surface area contributed by atoms with E-state index in [2.05, 4.69) is 11.8 Å². The van der Waals surface area contributed by atoms with Crippen molar-refractivity contribution in [2.24, 2.45) is 5.92 Å². The first kappa shape index (κ1) is 13.6. The van der Waals surface area contributed by atoms with E-state index in [1.807, 2.05) is 11.4 Å². The van der Waals surface area contributed by atoms with Gasteiger partial charge in [-0.2, -0.15) is 0 Å². The first-order chi connectivity index (χ1) is 8.90. The molecule has 0 unspecified atom stereocenters. The van der Waals surface area contributed by atoms with Gasteiger partial charge in [0.2, 0.25) is 0 Å². The summed E-state index contributed by atoms with van der Waals surface area (Å²) in [6.07, 6.45) is 6.76. The predicted octanol–water partition coefficient (Wildman–Crippen LogP) is 3.19. The monoisotopic (exact) mass is 264 g/mol. The van der Waals surface area contributed by atoms with Gasteiger partial charge in [0.05, 0.1) is 6.61 Å². The topological polar surface area (TPSA) is 29.5 Å². The zero-order valence-electron chi connectivity index (χ0n) is 10.7. The van der Waals surface area contributed by atoms with Crippen LogP contribution >= 0.6 is 11.3 Å². The molecule has 1 aliphatic rings. The zero-order valence-corrected chi connectivity index (χ0v) is 11.5. The Labute approximate surface area is 113 Å². The molecule has 1 aromatic rings. The quantitative estimate of drug-likeness (QED) is 0.846. The van der Waals surface area contributed by atoms with E-state index < -0.39 is 0 Å². The molecular formula is C15H20O2S. The summed E-state index contributed by atoms with van der Waals surface area (Å²) in [4.78, 5) is 1.17. The van der Waals surface area contributed by atoms with Crippen molar-refractivity contribution in [3.05, 3.63) is 21.9 Å². The van der Waals surface area contributed by atoms with Crippen LogP contribution in [0, 0.1) is 17.8 Å². The molecule has 98 valence electrons. The third kappa shape index (κ3) is 4.13. The lowest BCUT2D eigenvalue weighted by Crippen LogP contribution is -2.13. The molecule has 1 aromatic heterocycles. The van der Waals surface area contributed by atoms with Gasteiger partial charge >= 0.3 is 0 Å². The maximum atomic E-state index is 8.70. The van der Waals surface area contributed by atoms with Gasteiger partial charge < -0.3 is 9.84 Å². The first-order valence-electron chi connectivity index (χ1n) is 6.64. The van der Waals surface area contributed by atoms with Crippen molar-refractivity contribution < 1.29 is 9.84 Å². The van der Waals surface area contributed by atoms with Crippen molar-refractivity contribution in [1.29, 1.82) is 0 Å². The number of hydrogen-bond acceptors (Lipinski definition) is 3. The molecule has 0 bridgehead atoms. The van der Waals surface area contributed by atoms with E-state index in [0.717, 1.165) is 18.1 Å². The Morgan fingerprint density at radius 3 is 2.94 bits per heavy atom. The predicted molar refractivity (Wildman–Crippen MR) is 74.5 cm³/mol. The van der Waals surface area contributed by atoms with Gasteiger partial charge in [-0.05, 0) is 30.2 Å². The minimum absolute atomic E-state index is 0.0851. The molecule has 2 nitrogen and oxygen atoms in total. The molecule has 0 spiro atoms. The minimum atomic E-state index is -0.0851. The second-order valence-electron chi connectivity index (χ2n) is 4.74. The second-order valence-corrected chi connectivity index (χ2v) is 5.74. The summed E-state index contributed by atoms with van der Waals surface area (Å²) in [5, 5.41) is 10.7. The molecule has 0 amide bonds. The highest BCUT2D eigenvalue weighted by Crippen LogP contribution is 2.24. The third-order valence-corrected chi connectivity index (χ3v) is 4.25. The van der Waals surface area contributed by atoms with Crippen molar-refractivity contribution in [2.75, 3.05) is 13.2 Å². The van der Waals surface area contributed by atoms with E-state index in [4.69, 9.17) is 9.84 Å². The van der Waals surface area contributed by atoms with Crippen molar-refractivity contribution in [3.8, 4) is 11.8 Å². The molecule has 1 saturated carbocycles. The van der Waals surface area contributed by atoms with Gasteiger partial charge in [-0.3, -0.25) is 0 Å². The molecule has 2 rings (SSSR count). The van der Waals surface area contributed by atoms with Crippen molar-refractivity contribution in [1.82, 2.24) is 0 Å². The number of aliphatic hydroxyl groups excluding tert-OH is 1. The average Bonchev–Trinajstić information content (AvgIpc) is 2.85. The SMILES string of the molecule is OCC#Cc1ccsc1COCC1CCCCC1. The maximum absolute atomic E-state index is 8.70. The van der Waals surface area contributed by atoms with Crippen LogP contribution < -0.4 is 0 Å². The van der Waals surface area contributed by atoms with E-state index in [-0.39, 0.29) is 6.61 Å². The molecule has 18 heavy (non-hydrogen) atoms. The Hall–Kier alpha value is -0.820. The second kappa shape index (κ2) is 7.58. The van der Waals surface area contributed by atoms with Gasteiger partial charge in [-0.25, -0.2) is 0 Å². The fourth-order valence-corrected chi connectivity index (χ4v) is 3.14. The number of thiophene rings is 1. The first-order valence-corrected chi connectivity index (χ1v) is 7.52. The number of ether oxygens (including phenoxy) is 1. The van der Waals surface area contributed by atoms with E-state index >= 15 is 0 Å². The normalized spacial score (nSPS) is 16.3. The van der Waals surface area contributed by atoms with Crippen LogP contribution in [-0.2, 0) is 11.3 Å². The van der Waals surface area contributed by atoms with Crippen molar-refractivity contribution in [2.45, 2.75) is 38.7 Å². The van der Waals surface area contributed by atoms with Gasteiger partial charge in [-0.15, -0.1) is 11.3 Å². The number of aliphatic hydroxyl groups is 1. The Bertz CT molecular complexity index is 408. The minimum Gasteiger partial charge on any atom is -0.384 e. The summed E-state index contributed by atoms with van der Waals surface area (Å²) in [7, 11) is 0. The van der Waals surface area contributed by atoms with Crippen LogP contribution in [0.15, 0.2) is 11.4 Å². The molecule has 1 aliphatic carbocycles. The average molecular weight is 264 g/mol. The summed E-state index contributed by atoms with van der Waals surface area (Å²) in [6.45, 7) is 1.45. The largest absolute Gasteiger partial charge is 0.384 e. The van der Waals surface area contributed by atoms with Crippen LogP contribution in [0.2, 0.25) is 0 Å². The molecule has 0 aliphatic heterocycles. The van der Waals surface area contributed by atoms with Gasteiger partial charge in [-0.1, -0.05) is 31.1 Å². The lowest BCUT2D eigenvalue weighted by Gasteiger charge is -2.21. The fraction of sp³-hybridized carbons (Fsp3) is 0.600. The van der Waals surface area contributed by atoms with E-state index in [1.54, 1.807) is 11.3 Å². The van der Waals surface area contributed by atoms with Crippen LogP contribution in [0.1, 0.15) is 42.5 Å². The molecule has 1 heterocycles. The van der Waals surface area contributed by atoms with Gasteiger partial charge in [0.15, 0.2) is 0 Å². The van der Waals surface area contributed by atoms with Crippen LogP contribution in [0.3, 0.4) is 0 Å². The Balaban J connectivity index is 1.77. The molecule has 0 radical (unpaired) electrons. The van der Waals surface area contributed by atoms with Gasteiger partial charge in [0, 0.05) is 17.0 Å². The van der Waals surface area contributed by atoms with Crippen molar-refractivity contribution in [3.63, 3.8) is 0 Å². The molecule has 0 atom stereocenters. The molecule has 1 N–H and O–H groups in total. The lowest BCUT2D eigenvalue weighted by atomic mass is 9.90. The Morgan fingerprint density at radius 2 is 2.17 bits per heavy atom. The third-order valence-electron chi connectivity index (χ3n) is 3.36. The standard InChI is InChI=1S/C15H20O2S/c16-9-4-7-14-8-10-18-15(14)12-17-11-13-5-2-1-3-6-13/h8,10,13,16H,1-3,5-6,9,11-12H2. The molecule has 0 saturated heterocycles. The van der Waals surface area contributed by atoms with Crippen molar-refractivity contribution >= 4 is 11.3 Å². The summed E-state index contributed by atoms with van der Waals surface area (Å²) >= 11 is 1.68. The van der Waals surface area contributed by atoms with Gasteiger partial charge in [0.1, 0.15) is 6.61 Å². The summed E-state index contributed by atoms with van der Waals surface area (Å²) < 4.78 is 5.82. The zero-order chi connectivity index (χ0) is 12.6. The van der Waals surface area contributed by atoms with Crippen LogP contribution in [-0.4, -0.2) is 18.3 Å². The Morgan fingerprint density at radius 1 is 1.33 bits per heavy atom. The smallest absolute Gasteiger partial charge is 0.104 e. The fourth-order valence-electron chi connectivity index (χ4n) is 2.37. The highest BCUT2D eigenvalue weighted by atomic mass is 32.1. The van der Waals surface area contributed by atoms with Crippen LogP contribution in [0.25, 0.3) is 0 Å². The van der Waals surface area contributed by atoms with E-state index in [9.17, 15) is 0 Å². The molecule has 0 aromatic carbocycles. The lowest BCUT2D eigenvalue weighted by molar-refractivity contribution is 0.0754. The van der Waals surface area contributed by atoms with Crippen LogP contribution in [0.4, 0.5) is 0 Å². The summed E-state index contributed by atoms with van der Waals surface area (Å²) in [5.41, 5.74) is 0.998. The molecule has 3 heteroatoms. The van der Waals surface area contributed by atoms with Crippen LogP contribution in [0.5, 0.6) is 0 Å². The molecule has 1 fully saturated rings. The molecular weight excluding hydrogens is 244 g/mol. The number of hydrogen-bond donors (Lipinski definition) is 1. The van der Waals surface area contributed by atoms with E-state index in [0.29, 0.717) is 6.61 Å². The summed E-state index contributed by atoms with van der Waals surface area (Å²) in [6, 6.07) is 1.99. The highest BCUT2D eigenvalue weighted by molar-refractivity contribution is 7.10. The van der Waals surface area contributed by atoms with Gasteiger partial charge in [0.25, 0.3) is 0 Å². The highest BCUT2D eigenvalue weighted by Gasteiger charge is 2.13. The maximum Gasteiger partial charge on any atom is 0.104 e. The summed E-state index contributed by atoms with van der Waals surface area (Å²) in [5.74, 6) is 6.40. The Kier molecular flexibility index (Phi) is 5.73. The number of rotatable bonds is 4. The van der Waals surface area contributed by atoms with E-state index in [1.165, 1.54) is 37.0 Å².